The zero-order chi connectivity index (χ0) is 20.6. The Morgan fingerprint density at radius 1 is 1.19 bits per heavy atom. The molecule has 1 rings (SSSR count). The standard InChI is InChI=1S/C17H26N2O7S/c1-12(2)11-15(16(20)21)19(17(22)23)10-4-9-18-27(24,25)14-7-5-13(26-3)6-8-14/h5-8,12,15,18H,4,9-11H2,1-3H3,(H,20,21)(H,22,23)/t15-/m0/s1. The topological polar surface area (TPSA) is 133 Å². The highest BCUT2D eigenvalue weighted by Crippen LogP contribution is 2.16. The Morgan fingerprint density at radius 2 is 1.78 bits per heavy atom. The van der Waals surface area contributed by atoms with Crippen molar-refractivity contribution >= 4 is 22.1 Å². The molecule has 1 amide bonds. The van der Waals surface area contributed by atoms with Crippen LogP contribution in [-0.2, 0) is 14.8 Å². The van der Waals surface area contributed by atoms with Crippen molar-refractivity contribution in [3.8, 4) is 5.75 Å². The molecule has 0 heterocycles. The normalized spacial score (nSPS) is 12.6. The first kappa shape index (κ1) is 22.7. The summed E-state index contributed by atoms with van der Waals surface area (Å²) in [5, 5.41) is 18.6. The molecule has 9 nitrogen and oxygen atoms in total. The lowest BCUT2D eigenvalue weighted by molar-refractivity contribution is -0.143. The zero-order valence-electron chi connectivity index (χ0n) is 15.6. The van der Waals surface area contributed by atoms with Crippen molar-refractivity contribution < 1.29 is 33.0 Å². The third-order valence-electron chi connectivity index (χ3n) is 3.84. The second kappa shape index (κ2) is 10.1. The van der Waals surface area contributed by atoms with Gasteiger partial charge in [-0.05, 0) is 43.0 Å². The smallest absolute Gasteiger partial charge is 0.408 e. The van der Waals surface area contributed by atoms with E-state index in [4.69, 9.17) is 4.74 Å². The summed E-state index contributed by atoms with van der Waals surface area (Å²) < 4.78 is 31.8. The van der Waals surface area contributed by atoms with E-state index in [1.165, 1.54) is 31.4 Å². The zero-order valence-corrected chi connectivity index (χ0v) is 16.4. The Balaban J connectivity index is 2.67. The summed E-state index contributed by atoms with van der Waals surface area (Å²) in [6.45, 7) is 3.49. The van der Waals surface area contributed by atoms with Gasteiger partial charge in [0.2, 0.25) is 10.0 Å². The van der Waals surface area contributed by atoms with E-state index in [0.29, 0.717) is 5.75 Å². The summed E-state index contributed by atoms with van der Waals surface area (Å²) in [5.74, 6) is -0.692. The number of ether oxygens (including phenoxy) is 1. The third-order valence-corrected chi connectivity index (χ3v) is 5.32. The Kier molecular flexibility index (Phi) is 8.51. The van der Waals surface area contributed by atoms with Gasteiger partial charge >= 0.3 is 12.1 Å². The second-order valence-corrected chi connectivity index (χ2v) is 8.15. The van der Waals surface area contributed by atoms with Gasteiger partial charge in [-0.25, -0.2) is 22.7 Å². The average molecular weight is 402 g/mol. The molecule has 0 aliphatic heterocycles. The van der Waals surface area contributed by atoms with Crippen LogP contribution >= 0.6 is 0 Å². The van der Waals surface area contributed by atoms with E-state index >= 15 is 0 Å². The van der Waals surface area contributed by atoms with Gasteiger partial charge in [-0.1, -0.05) is 13.8 Å². The number of carbonyl (C=O) groups is 2. The summed E-state index contributed by atoms with van der Waals surface area (Å²) in [7, 11) is -2.27. The van der Waals surface area contributed by atoms with Gasteiger partial charge in [0.25, 0.3) is 0 Å². The highest BCUT2D eigenvalue weighted by molar-refractivity contribution is 7.89. The average Bonchev–Trinajstić information content (AvgIpc) is 2.59. The van der Waals surface area contributed by atoms with Gasteiger partial charge in [0, 0.05) is 13.1 Å². The van der Waals surface area contributed by atoms with E-state index in [2.05, 4.69) is 4.72 Å². The van der Waals surface area contributed by atoms with Crippen molar-refractivity contribution in [2.24, 2.45) is 5.92 Å². The van der Waals surface area contributed by atoms with Crippen molar-refractivity contribution in [1.29, 1.82) is 0 Å². The molecule has 0 saturated carbocycles. The van der Waals surface area contributed by atoms with Crippen LogP contribution in [-0.4, -0.2) is 61.8 Å². The SMILES string of the molecule is COc1ccc(S(=O)(=O)NCCCN(C(=O)O)[C@@H](CC(C)C)C(=O)O)cc1. The van der Waals surface area contributed by atoms with Crippen LogP contribution in [0.1, 0.15) is 26.7 Å². The summed E-state index contributed by atoms with van der Waals surface area (Å²) in [6.07, 6.45) is -1.02. The van der Waals surface area contributed by atoms with Crippen molar-refractivity contribution in [1.82, 2.24) is 9.62 Å². The fraction of sp³-hybridized carbons (Fsp3) is 0.529. The van der Waals surface area contributed by atoms with Gasteiger partial charge in [0.15, 0.2) is 0 Å². The number of aliphatic carboxylic acids is 1. The number of nitrogens with zero attached hydrogens (tertiary/aromatic N) is 1. The monoisotopic (exact) mass is 402 g/mol. The minimum absolute atomic E-state index is 0.00141. The van der Waals surface area contributed by atoms with E-state index in [9.17, 15) is 28.2 Å². The highest BCUT2D eigenvalue weighted by Gasteiger charge is 2.29. The molecule has 1 atom stereocenters. The Hall–Kier alpha value is -2.33. The van der Waals surface area contributed by atoms with Crippen LogP contribution in [0, 0.1) is 5.92 Å². The largest absolute Gasteiger partial charge is 0.497 e. The molecular formula is C17H26N2O7S. The number of methoxy groups -OCH3 is 1. The summed E-state index contributed by atoms with van der Waals surface area (Å²) in [6, 6.07) is 4.66. The molecule has 0 aliphatic rings. The fourth-order valence-electron chi connectivity index (χ4n) is 2.49. The second-order valence-electron chi connectivity index (χ2n) is 6.39. The maximum atomic E-state index is 12.2. The van der Waals surface area contributed by atoms with Gasteiger partial charge in [-0.3, -0.25) is 4.90 Å². The number of amides is 1. The lowest BCUT2D eigenvalue weighted by Crippen LogP contribution is -2.46. The van der Waals surface area contributed by atoms with Gasteiger partial charge in [-0.15, -0.1) is 0 Å². The molecule has 27 heavy (non-hydrogen) atoms. The maximum Gasteiger partial charge on any atom is 0.408 e. The number of benzene rings is 1. The van der Waals surface area contributed by atoms with E-state index in [1.807, 2.05) is 0 Å². The van der Waals surface area contributed by atoms with E-state index in [1.54, 1.807) is 13.8 Å². The van der Waals surface area contributed by atoms with Crippen molar-refractivity contribution in [2.75, 3.05) is 20.2 Å². The molecule has 10 heteroatoms. The molecule has 0 unspecified atom stereocenters. The molecule has 3 N–H and O–H groups in total. The molecule has 1 aromatic carbocycles. The quantitative estimate of drug-likeness (QED) is 0.481. The number of carboxylic acid groups (broad SMARTS) is 2. The van der Waals surface area contributed by atoms with Crippen LogP contribution in [0.15, 0.2) is 29.2 Å². The van der Waals surface area contributed by atoms with Crippen LogP contribution in [0.25, 0.3) is 0 Å². The molecular weight excluding hydrogens is 376 g/mol. The molecule has 0 saturated heterocycles. The van der Waals surface area contributed by atoms with E-state index in [0.717, 1.165) is 4.90 Å². The fourth-order valence-corrected chi connectivity index (χ4v) is 3.56. The molecule has 0 bridgehead atoms. The number of nitrogens with one attached hydrogen (secondary N) is 1. The number of rotatable bonds is 11. The van der Waals surface area contributed by atoms with Gasteiger partial charge in [0.1, 0.15) is 11.8 Å². The predicted octanol–water partition coefficient (Wildman–Crippen LogP) is 1.84. The summed E-state index contributed by atoms with van der Waals surface area (Å²) in [5.41, 5.74) is 0. The third kappa shape index (κ3) is 7.06. The van der Waals surface area contributed by atoms with Crippen molar-refractivity contribution in [3.63, 3.8) is 0 Å². The van der Waals surface area contributed by atoms with E-state index < -0.39 is 28.1 Å². The first-order valence-corrected chi connectivity index (χ1v) is 9.93. The van der Waals surface area contributed by atoms with Gasteiger partial charge in [0.05, 0.1) is 12.0 Å². The first-order valence-electron chi connectivity index (χ1n) is 8.44. The predicted molar refractivity (Wildman–Crippen MR) is 98.4 cm³/mol. The van der Waals surface area contributed by atoms with Crippen molar-refractivity contribution in [3.05, 3.63) is 24.3 Å². The molecule has 0 spiro atoms. The molecule has 0 radical (unpaired) electrons. The lowest BCUT2D eigenvalue weighted by atomic mass is 10.0. The molecule has 152 valence electrons. The number of sulfonamides is 1. The number of hydrogen-bond donors (Lipinski definition) is 3. The van der Waals surface area contributed by atoms with Crippen LogP contribution in [0.2, 0.25) is 0 Å². The van der Waals surface area contributed by atoms with Gasteiger partial charge < -0.3 is 14.9 Å². The molecule has 1 aromatic rings. The Labute approximate surface area is 159 Å². The molecule has 0 aromatic heterocycles. The van der Waals surface area contributed by atoms with Crippen LogP contribution in [0.5, 0.6) is 5.75 Å². The van der Waals surface area contributed by atoms with Crippen molar-refractivity contribution in [2.45, 2.75) is 37.6 Å². The van der Waals surface area contributed by atoms with Crippen LogP contribution in [0.4, 0.5) is 4.79 Å². The van der Waals surface area contributed by atoms with Gasteiger partial charge in [-0.2, -0.15) is 0 Å². The van der Waals surface area contributed by atoms with Crippen LogP contribution < -0.4 is 9.46 Å². The molecule has 0 aliphatic carbocycles. The lowest BCUT2D eigenvalue weighted by Gasteiger charge is -2.27. The Morgan fingerprint density at radius 3 is 2.22 bits per heavy atom. The summed E-state index contributed by atoms with van der Waals surface area (Å²) in [4.78, 5) is 23.7. The Bertz CT molecular complexity index is 732. The van der Waals surface area contributed by atoms with E-state index in [-0.39, 0.29) is 36.7 Å². The minimum Gasteiger partial charge on any atom is -0.497 e. The maximum absolute atomic E-state index is 12.2. The first-order chi connectivity index (χ1) is 12.6. The minimum atomic E-state index is -3.75. The number of hydrogen-bond acceptors (Lipinski definition) is 5. The highest BCUT2D eigenvalue weighted by atomic mass is 32.2. The number of carboxylic acids is 1. The molecule has 0 fully saturated rings. The van der Waals surface area contributed by atoms with Crippen LogP contribution in [0.3, 0.4) is 0 Å². The summed E-state index contributed by atoms with van der Waals surface area (Å²) >= 11 is 0.